The molecule has 4 rings (SSSR count). The van der Waals surface area contributed by atoms with Crippen LogP contribution in [0.4, 0.5) is 0 Å². The van der Waals surface area contributed by atoms with E-state index in [2.05, 4.69) is 47.4 Å². The number of amides is 2. The lowest BCUT2D eigenvalue weighted by atomic mass is 9.74. The molecule has 170 valence electrons. The lowest BCUT2D eigenvalue weighted by molar-refractivity contribution is -0.446. The molecule has 5 nitrogen and oxygen atoms in total. The summed E-state index contributed by atoms with van der Waals surface area (Å²) >= 11 is 1.94. The summed E-state index contributed by atoms with van der Waals surface area (Å²) in [5.74, 6) is 0.948. The van der Waals surface area contributed by atoms with Gasteiger partial charge in [-0.25, -0.2) is 0 Å². The molecule has 2 aromatic carbocycles. The molecule has 6 heteroatoms. The molecular weight excluding hydrogens is 418 g/mol. The molecule has 1 saturated heterocycles. The van der Waals surface area contributed by atoms with E-state index in [1.54, 1.807) is 13.8 Å². The quantitative estimate of drug-likeness (QED) is 0.708. The Hall–Kier alpha value is -2.31. The van der Waals surface area contributed by atoms with Crippen molar-refractivity contribution < 1.29 is 15.3 Å². The third-order valence-electron chi connectivity index (χ3n) is 6.78. The van der Waals surface area contributed by atoms with Crippen molar-refractivity contribution in [3.05, 3.63) is 65.7 Å². The fourth-order valence-corrected chi connectivity index (χ4v) is 6.17. The predicted octanol–water partition coefficient (Wildman–Crippen LogP) is 2.79. The van der Waals surface area contributed by atoms with Gasteiger partial charge < -0.3 is 16.0 Å². The fourth-order valence-electron chi connectivity index (χ4n) is 4.68. The van der Waals surface area contributed by atoms with Crippen LogP contribution in [0.2, 0.25) is 0 Å². The van der Waals surface area contributed by atoms with Gasteiger partial charge in [0.1, 0.15) is 6.04 Å². The van der Waals surface area contributed by atoms with E-state index in [0.717, 1.165) is 38.1 Å². The molecule has 0 aromatic heterocycles. The summed E-state index contributed by atoms with van der Waals surface area (Å²) in [6.45, 7) is 5.03. The number of rotatable bonds is 6. The van der Waals surface area contributed by atoms with Crippen LogP contribution in [0.5, 0.6) is 0 Å². The number of quaternary nitrogens is 1. The van der Waals surface area contributed by atoms with Gasteiger partial charge in [0.15, 0.2) is 5.54 Å². The van der Waals surface area contributed by atoms with Crippen LogP contribution in [-0.4, -0.2) is 47.1 Å². The van der Waals surface area contributed by atoms with Crippen molar-refractivity contribution >= 4 is 23.6 Å². The Morgan fingerprint density at radius 2 is 1.75 bits per heavy atom. The highest BCUT2D eigenvalue weighted by molar-refractivity contribution is 7.99. The zero-order chi connectivity index (χ0) is 22.8. The first-order valence-electron chi connectivity index (χ1n) is 11.5. The number of fused-ring (bicyclic) bond motifs is 2. The summed E-state index contributed by atoms with van der Waals surface area (Å²) in [5, 5.41) is 3.00. The SMILES string of the molecule is CC(C)([NH3+])C(=O)N[C@H](CCc1ccccc1)C(=O)N1CCC2(CC1)CSc1ccccc12. The first-order valence-corrected chi connectivity index (χ1v) is 12.5. The van der Waals surface area contributed by atoms with Gasteiger partial charge in [-0.05, 0) is 56.7 Å². The van der Waals surface area contributed by atoms with E-state index < -0.39 is 11.6 Å². The maximum absolute atomic E-state index is 13.5. The number of nitrogens with zero attached hydrogens (tertiary/aromatic N) is 1. The number of nitrogens with one attached hydrogen (secondary N) is 1. The molecule has 2 aliphatic heterocycles. The van der Waals surface area contributed by atoms with Gasteiger partial charge in [0.25, 0.3) is 5.91 Å². The van der Waals surface area contributed by atoms with Crippen molar-refractivity contribution in [2.75, 3.05) is 18.8 Å². The van der Waals surface area contributed by atoms with E-state index in [1.807, 2.05) is 34.9 Å². The van der Waals surface area contributed by atoms with Gasteiger partial charge in [-0.2, -0.15) is 0 Å². The van der Waals surface area contributed by atoms with Gasteiger partial charge in [-0.15, -0.1) is 11.8 Å². The Bertz CT molecular complexity index is 963. The Morgan fingerprint density at radius 3 is 2.44 bits per heavy atom. The average Bonchev–Trinajstić information content (AvgIpc) is 3.15. The number of piperidine rings is 1. The van der Waals surface area contributed by atoms with Crippen LogP contribution in [0.15, 0.2) is 59.5 Å². The van der Waals surface area contributed by atoms with Crippen LogP contribution in [-0.2, 0) is 21.4 Å². The number of carbonyl (C=O) groups excluding carboxylic acids is 2. The minimum atomic E-state index is -0.776. The summed E-state index contributed by atoms with van der Waals surface area (Å²) in [7, 11) is 0. The van der Waals surface area contributed by atoms with Gasteiger partial charge in [0.2, 0.25) is 5.91 Å². The smallest absolute Gasteiger partial charge is 0.281 e. The van der Waals surface area contributed by atoms with Crippen molar-refractivity contribution in [3.63, 3.8) is 0 Å². The van der Waals surface area contributed by atoms with Crippen LogP contribution < -0.4 is 11.1 Å². The molecule has 2 aliphatic rings. The molecule has 0 saturated carbocycles. The summed E-state index contributed by atoms with van der Waals surface area (Å²) in [4.78, 5) is 29.5. The third kappa shape index (κ3) is 4.86. The van der Waals surface area contributed by atoms with Gasteiger partial charge in [0.05, 0.1) is 0 Å². The highest BCUT2D eigenvalue weighted by Gasteiger charge is 2.43. The largest absolute Gasteiger partial charge is 0.345 e. The second-order valence-corrected chi connectivity index (χ2v) is 10.8. The van der Waals surface area contributed by atoms with Crippen molar-refractivity contribution in [1.29, 1.82) is 0 Å². The second kappa shape index (κ2) is 9.28. The highest BCUT2D eigenvalue weighted by Crippen LogP contribution is 2.49. The van der Waals surface area contributed by atoms with Crippen LogP contribution in [0.3, 0.4) is 0 Å². The summed E-state index contributed by atoms with van der Waals surface area (Å²) < 4.78 is 0. The molecule has 32 heavy (non-hydrogen) atoms. The number of carbonyl (C=O) groups is 2. The molecular formula is C26H34N3O2S+. The lowest BCUT2D eigenvalue weighted by Gasteiger charge is -2.41. The first kappa shape index (κ1) is 22.9. The molecule has 0 unspecified atom stereocenters. The van der Waals surface area contributed by atoms with Crippen molar-refractivity contribution in [3.8, 4) is 0 Å². The lowest BCUT2D eigenvalue weighted by Crippen LogP contribution is -2.76. The molecule has 2 heterocycles. The normalized spacial score (nSPS) is 18.3. The van der Waals surface area contributed by atoms with Crippen molar-refractivity contribution in [1.82, 2.24) is 10.2 Å². The number of thioether (sulfide) groups is 1. The Labute approximate surface area is 195 Å². The molecule has 2 amide bonds. The van der Waals surface area contributed by atoms with Crippen LogP contribution >= 0.6 is 11.8 Å². The predicted molar refractivity (Wildman–Crippen MR) is 128 cm³/mol. The van der Waals surface area contributed by atoms with Crippen LogP contribution in [0.1, 0.15) is 44.2 Å². The Kier molecular flexibility index (Phi) is 6.63. The third-order valence-corrected chi connectivity index (χ3v) is 8.14. The number of aryl methyl sites for hydroxylation is 1. The fraction of sp³-hybridized carbons (Fsp3) is 0.462. The zero-order valence-electron chi connectivity index (χ0n) is 19.1. The molecule has 1 spiro atoms. The Balaban J connectivity index is 1.44. The van der Waals surface area contributed by atoms with E-state index in [9.17, 15) is 9.59 Å². The standard InChI is InChI=1S/C26H33N3O2S/c1-25(2,27)24(31)28-21(13-12-19-8-4-3-5-9-19)23(30)29-16-14-26(15-17-29)18-32-22-11-7-6-10-20(22)26/h3-11,21H,12-18,27H2,1-2H3,(H,28,31)/p+1/t21-/m1/s1. The maximum atomic E-state index is 13.5. The van der Waals surface area contributed by atoms with E-state index in [1.165, 1.54) is 16.0 Å². The monoisotopic (exact) mass is 452 g/mol. The molecule has 0 aliphatic carbocycles. The first-order chi connectivity index (χ1) is 15.3. The highest BCUT2D eigenvalue weighted by atomic mass is 32.2. The van der Waals surface area contributed by atoms with Gasteiger partial charge in [0, 0.05) is 29.2 Å². The van der Waals surface area contributed by atoms with E-state index in [-0.39, 0.29) is 17.2 Å². The molecule has 0 bridgehead atoms. The second-order valence-electron chi connectivity index (χ2n) is 9.82. The summed E-state index contributed by atoms with van der Waals surface area (Å²) in [6, 6.07) is 18.3. The molecule has 1 fully saturated rings. The van der Waals surface area contributed by atoms with Gasteiger partial charge >= 0.3 is 0 Å². The number of likely N-dealkylation sites (tertiary alicyclic amines) is 1. The topological polar surface area (TPSA) is 77.0 Å². The number of benzene rings is 2. The van der Waals surface area contributed by atoms with Crippen LogP contribution in [0.25, 0.3) is 0 Å². The maximum Gasteiger partial charge on any atom is 0.281 e. The van der Waals surface area contributed by atoms with E-state index >= 15 is 0 Å². The van der Waals surface area contributed by atoms with Gasteiger partial charge in [-0.1, -0.05) is 48.5 Å². The summed E-state index contributed by atoms with van der Waals surface area (Å²) in [6.07, 6.45) is 3.29. The molecule has 1 atom stereocenters. The van der Waals surface area contributed by atoms with Crippen LogP contribution in [0, 0.1) is 0 Å². The molecule has 4 N–H and O–H groups in total. The minimum Gasteiger partial charge on any atom is -0.345 e. The number of hydrogen-bond acceptors (Lipinski definition) is 3. The van der Waals surface area contributed by atoms with E-state index in [0.29, 0.717) is 6.42 Å². The van der Waals surface area contributed by atoms with Gasteiger partial charge in [-0.3, -0.25) is 9.59 Å². The summed E-state index contributed by atoms with van der Waals surface area (Å²) in [5.41, 5.74) is 5.97. The van der Waals surface area contributed by atoms with Crippen molar-refractivity contribution in [2.45, 2.75) is 61.4 Å². The number of hydrogen-bond donors (Lipinski definition) is 2. The minimum absolute atomic E-state index is 0.0346. The van der Waals surface area contributed by atoms with E-state index in [4.69, 9.17) is 0 Å². The average molecular weight is 453 g/mol. The zero-order valence-corrected chi connectivity index (χ0v) is 19.9. The van der Waals surface area contributed by atoms with Crippen molar-refractivity contribution in [2.24, 2.45) is 0 Å². The Morgan fingerprint density at radius 1 is 1.09 bits per heavy atom. The molecule has 0 radical (unpaired) electrons. The molecule has 2 aromatic rings.